The minimum Gasteiger partial charge on any atom is -0.390 e. The summed E-state index contributed by atoms with van der Waals surface area (Å²) in [5, 5.41) is 15.8. The van der Waals surface area contributed by atoms with E-state index in [1.807, 2.05) is 11.0 Å². The van der Waals surface area contributed by atoms with Crippen molar-refractivity contribution in [3.63, 3.8) is 0 Å². The Kier molecular flexibility index (Phi) is 4.62. The van der Waals surface area contributed by atoms with Gasteiger partial charge in [-0.2, -0.15) is 5.10 Å². The summed E-state index contributed by atoms with van der Waals surface area (Å²) in [7, 11) is 0. The molecule has 9 atom stereocenters. The molecule has 5 aliphatic rings. The number of likely N-dealkylation sites (tertiary alicyclic amines) is 1. The molecule has 1 aromatic heterocycles. The van der Waals surface area contributed by atoms with E-state index in [1.165, 1.54) is 70.9 Å². The fourth-order valence-corrected chi connectivity index (χ4v) is 9.30. The summed E-state index contributed by atoms with van der Waals surface area (Å²) in [6.07, 6.45) is 16.6. The van der Waals surface area contributed by atoms with Crippen LogP contribution in [0.1, 0.15) is 84.1 Å². The third-order valence-electron chi connectivity index (χ3n) is 11.0. The van der Waals surface area contributed by atoms with E-state index in [-0.39, 0.29) is 17.6 Å². The van der Waals surface area contributed by atoms with Crippen LogP contribution in [-0.2, 0) is 0 Å². The third-order valence-corrected chi connectivity index (χ3v) is 11.0. The van der Waals surface area contributed by atoms with Gasteiger partial charge in [-0.1, -0.05) is 13.8 Å². The highest BCUT2D eigenvalue weighted by Crippen LogP contribution is 2.67. The molecule has 1 saturated heterocycles. The molecule has 2 heterocycles. The van der Waals surface area contributed by atoms with Crippen molar-refractivity contribution in [2.45, 2.75) is 96.2 Å². The predicted octanol–water partition coefficient (Wildman–Crippen LogP) is 4.30. The second kappa shape index (κ2) is 7.03. The molecule has 0 radical (unpaired) electrons. The first-order valence-electron chi connectivity index (χ1n) is 12.8. The summed E-state index contributed by atoms with van der Waals surface area (Å²) >= 11 is 0. The SMILES string of the molecule is C[C@]12CC[C@H](N3CCCC3)C[C@@H]1CC[C@@H]1[C@@H]2CC[C@]2(C)[C@@H](O)[C@@H](n3cncn3)C[C@@H]12. The molecule has 5 nitrogen and oxygen atoms in total. The summed E-state index contributed by atoms with van der Waals surface area (Å²) in [6.45, 7) is 7.75. The molecule has 1 N–H and O–H groups in total. The van der Waals surface area contributed by atoms with Crippen LogP contribution in [0.4, 0.5) is 0 Å². The maximum absolute atomic E-state index is 11.4. The highest BCUT2D eigenvalue weighted by atomic mass is 16.3. The molecular weight excluding hydrogens is 372 g/mol. The Hall–Kier alpha value is -0.940. The van der Waals surface area contributed by atoms with Gasteiger partial charge in [-0.3, -0.25) is 0 Å². The van der Waals surface area contributed by atoms with Gasteiger partial charge in [-0.05, 0) is 112 Å². The molecule has 4 aliphatic carbocycles. The van der Waals surface area contributed by atoms with Crippen molar-refractivity contribution in [1.29, 1.82) is 0 Å². The van der Waals surface area contributed by atoms with Crippen LogP contribution in [0.15, 0.2) is 12.7 Å². The van der Waals surface area contributed by atoms with Crippen molar-refractivity contribution in [2.24, 2.45) is 34.5 Å². The topological polar surface area (TPSA) is 54.2 Å². The molecule has 5 heteroatoms. The highest BCUT2D eigenvalue weighted by Gasteiger charge is 2.62. The number of aliphatic hydroxyl groups excluding tert-OH is 1. The van der Waals surface area contributed by atoms with Gasteiger partial charge in [-0.15, -0.1) is 0 Å². The monoisotopic (exact) mass is 412 g/mol. The van der Waals surface area contributed by atoms with Crippen LogP contribution in [0, 0.1) is 34.5 Å². The van der Waals surface area contributed by atoms with Gasteiger partial charge in [0.1, 0.15) is 12.7 Å². The number of hydrogen-bond acceptors (Lipinski definition) is 4. The van der Waals surface area contributed by atoms with Gasteiger partial charge in [0.15, 0.2) is 0 Å². The average Bonchev–Trinajstić information content (AvgIpc) is 3.49. The molecule has 0 aromatic carbocycles. The molecule has 1 aromatic rings. The van der Waals surface area contributed by atoms with Crippen molar-refractivity contribution < 1.29 is 5.11 Å². The summed E-state index contributed by atoms with van der Waals surface area (Å²) in [6, 6.07) is 0.971. The fraction of sp³-hybridized carbons (Fsp3) is 0.920. The largest absolute Gasteiger partial charge is 0.390 e. The van der Waals surface area contributed by atoms with E-state index >= 15 is 0 Å². The van der Waals surface area contributed by atoms with E-state index in [0.717, 1.165) is 30.2 Å². The maximum Gasteiger partial charge on any atom is 0.137 e. The Morgan fingerprint density at radius 3 is 2.50 bits per heavy atom. The summed E-state index contributed by atoms with van der Waals surface area (Å²) in [4.78, 5) is 6.98. The number of rotatable bonds is 2. The van der Waals surface area contributed by atoms with E-state index in [4.69, 9.17) is 0 Å². The zero-order valence-corrected chi connectivity index (χ0v) is 18.9. The molecule has 0 amide bonds. The van der Waals surface area contributed by atoms with E-state index in [0.29, 0.717) is 11.3 Å². The van der Waals surface area contributed by atoms with E-state index < -0.39 is 0 Å². The lowest BCUT2D eigenvalue weighted by atomic mass is 9.45. The molecule has 166 valence electrons. The molecule has 0 unspecified atom stereocenters. The van der Waals surface area contributed by atoms with Crippen LogP contribution in [-0.4, -0.2) is 50.0 Å². The molecule has 30 heavy (non-hydrogen) atoms. The van der Waals surface area contributed by atoms with Gasteiger partial charge >= 0.3 is 0 Å². The standard InChI is InChI=1S/C25H40N4O/c1-24-9-7-18(28-11-3-4-12-28)13-17(24)5-6-19-20(24)8-10-25(2)21(19)14-22(23(25)30)29-16-26-15-27-29/h15-23,30H,3-14H2,1-2H3/t17-,18-,19+,20-,21-,22-,23-,24-,25-/m0/s1. The normalized spacial score (nSPS) is 51.4. The Morgan fingerprint density at radius 2 is 1.73 bits per heavy atom. The highest BCUT2D eigenvalue weighted by molar-refractivity contribution is 5.12. The molecule has 0 bridgehead atoms. The van der Waals surface area contributed by atoms with Gasteiger partial charge in [-0.25, -0.2) is 9.67 Å². The number of fused-ring (bicyclic) bond motifs is 5. The average molecular weight is 413 g/mol. The van der Waals surface area contributed by atoms with Crippen molar-refractivity contribution in [3.05, 3.63) is 12.7 Å². The van der Waals surface area contributed by atoms with Crippen LogP contribution in [0.2, 0.25) is 0 Å². The van der Waals surface area contributed by atoms with Gasteiger partial charge in [0, 0.05) is 6.04 Å². The second-order valence-corrected chi connectivity index (χ2v) is 12.0. The zero-order chi connectivity index (χ0) is 20.5. The van der Waals surface area contributed by atoms with Crippen LogP contribution in [0.25, 0.3) is 0 Å². The van der Waals surface area contributed by atoms with Crippen LogP contribution in [0.5, 0.6) is 0 Å². The van der Waals surface area contributed by atoms with Crippen LogP contribution in [0.3, 0.4) is 0 Å². The quantitative estimate of drug-likeness (QED) is 0.787. The third kappa shape index (κ3) is 2.73. The maximum atomic E-state index is 11.4. The van der Waals surface area contributed by atoms with Gasteiger partial charge in [0.05, 0.1) is 12.1 Å². The molecule has 1 aliphatic heterocycles. The van der Waals surface area contributed by atoms with Crippen molar-refractivity contribution in [2.75, 3.05) is 13.1 Å². The lowest BCUT2D eigenvalue weighted by Crippen LogP contribution is -2.55. The molecular formula is C25H40N4O. The number of nitrogens with zero attached hydrogens (tertiary/aromatic N) is 4. The van der Waals surface area contributed by atoms with E-state index in [1.54, 1.807) is 6.33 Å². The first-order valence-corrected chi connectivity index (χ1v) is 12.8. The Morgan fingerprint density at radius 1 is 0.933 bits per heavy atom. The molecule has 4 saturated carbocycles. The first kappa shape index (κ1) is 19.7. The Labute approximate surface area is 181 Å². The van der Waals surface area contributed by atoms with Crippen LogP contribution >= 0.6 is 0 Å². The molecule has 6 rings (SSSR count). The minimum absolute atomic E-state index is 0.0493. The number of aromatic nitrogens is 3. The van der Waals surface area contributed by atoms with Gasteiger partial charge in [0.2, 0.25) is 0 Å². The minimum atomic E-state index is -0.290. The number of aliphatic hydroxyl groups is 1. The van der Waals surface area contributed by atoms with Crippen molar-refractivity contribution in [3.8, 4) is 0 Å². The summed E-state index contributed by atoms with van der Waals surface area (Å²) < 4.78 is 1.94. The van der Waals surface area contributed by atoms with Crippen molar-refractivity contribution >= 4 is 0 Å². The van der Waals surface area contributed by atoms with E-state index in [2.05, 4.69) is 28.8 Å². The predicted molar refractivity (Wildman–Crippen MR) is 117 cm³/mol. The van der Waals surface area contributed by atoms with Crippen molar-refractivity contribution in [1.82, 2.24) is 19.7 Å². The lowest BCUT2D eigenvalue weighted by molar-refractivity contribution is -0.129. The summed E-state index contributed by atoms with van der Waals surface area (Å²) in [5.41, 5.74) is 0.574. The Balaban J connectivity index is 1.23. The van der Waals surface area contributed by atoms with E-state index in [9.17, 15) is 5.11 Å². The van der Waals surface area contributed by atoms with Gasteiger partial charge < -0.3 is 10.0 Å². The molecule has 5 fully saturated rings. The number of hydrogen-bond donors (Lipinski definition) is 1. The van der Waals surface area contributed by atoms with Gasteiger partial charge in [0.25, 0.3) is 0 Å². The summed E-state index contributed by atoms with van der Waals surface area (Å²) in [5.74, 6) is 3.20. The second-order valence-electron chi connectivity index (χ2n) is 12.0. The lowest BCUT2D eigenvalue weighted by Gasteiger charge is -2.61. The Bertz CT molecular complexity index is 761. The zero-order valence-electron chi connectivity index (χ0n) is 18.9. The first-order chi connectivity index (χ1) is 14.5. The van der Waals surface area contributed by atoms with Crippen LogP contribution < -0.4 is 0 Å². The fourth-order valence-electron chi connectivity index (χ4n) is 9.30. The smallest absolute Gasteiger partial charge is 0.137 e. The molecule has 0 spiro atoms.